The molecule has 0 bridgehead atoms. The van der Waals surface area contributed by atoms with Crippen molar-refractivity contribution in [3.63, 3.8) is 0 Å². The summed E-state index contributed by atoms with van der Waals surface area (Å²) in [7, 11) is 0. The molecule has 0 radical (unpaired) electrons. The molecule has 2 saturated heterocycles. The van der Waals surface area contributed by atoms with Gasteiger partial charge in [0.05, 0.1) is 12.2 Å². The molecule has 0 aromatic carbocycles. The molecule has 74 valence electrons. The molecular formula is C9H15NO3. The van der Waals surface area contributed by atoms with Crippen LogP contribution in [0, 0.1) is 0 Å². The second-order valence-corrected chi connectivity index (χ2v) is 4.60. The Balaban J connectivity index is 1.88. The molecule has 2 aliphatic heterocycles. The van der Waals surface area contributed by atoms with E-state index in [1.165, 1.54) is 0 Å². The highest BCUT2D eigenvalue weighted by Gasteiger charge is 2.75. The van der Waals surface area contributed by atoms with E-state index in [-0.39, 0.29) is 23.9 Å². The van der Waals surface area contributed by atoms with Crippen molar-refractivity contribution >= 4 is 0 Å². The molecular weight excluding hydrogens is 170 g/mol. The van der Waals surface area contributed by atoms with Gasteiger partial charge in [0.15, 0.2) is 5.79 Å². The van der Waals surface area contributed by atoms with Crippen LogP contribution in [0.15, 0.2) is 0 Å². The second-order valence-electron chi connectivity index (χ2n) is 4.60. The van der Waals surface area contributed by atoms with Gasteiger partial charge in [0.1, 0.15) is 11.7 Å². The highest BCUT2D eigenvalue weighted by atomic mass is 16.8. The normalized spacial score (nSPS) is 56.1. The average molecular weight is 185 g/mol. The Labute approximate surface area is 77.3 Å². The van der Waals surface area contributed by atoms with E-state index in [0.717, 1.165) is 6.42 Å². The van der Waals surface area contributed by atoms with E-state index in [4.69, 9.17) is 19.9 Å². The van der Waals surface area contributed by atoms with Gasteiger partial charge in [0.25, 0.3) is 0 Å². The molecule has 1 spiro atoms. The first-order valence-corrected chi connectivity index (χ1v) is 4.81. The van der Waals surface area contributed by atoms with E-state index in [2.05, 4.69) is 0 Å². The van der Waals surface area contributed by atoms with Crippen molar-refractivity contribution < 1.29 is 14.2 Å². The van der Waals surface area contributed by atoms with Crippen LogP contribution < -0.4 is 5.73 Å². The molecule has 4 nitrogen and oxygen atoms in total. The van der Waals surface area contributed by atoms with Crippen LogP contribution in [0.4, 0.5) is 0 Å². The van der Waals surface area contributed by atoms with Crippen LogP contribution in [-0.4, -0.2) is 36.2 Å². The van der Waals surface area contributed by atoms with E-state index in [9.17, 15) is 0 Å². The molecule has 0 aromatic rings. The topological polar surface area (TPSA) is 53.7 Å². The van der Waals surface area contributed by atoms with Gasteiger partial charge in [0, 0.05) is 13.0 Å². The van der Waals surface area contributed by atoms with Crippen molar-refractivity contribution in [1.29, 1.82) is 0 Å². The molecule has 3 rings (SSSR count). The zero-order chi connectivity index (χ0) is 9.27. The molecule has 4 heteroatoms. The third-order valence-corrected chi connectivity index (χ3v) is 3.13. The van der Waals surface area contributed by atoms with Gasteiger partial charge in [-0.1, -0.05) is 0 Å². The van der Waals surface area contributed by atoms with Crippen LogP contribution in [0.5, 0.6) is 0 Å². The van der Waals surface area contributed by atoms with Gasteiger partial charge in [-0.25, -0.2) is 0 Å². The lowest BCUT2D eigenvalue weighted by atomic mass is 10.1. The molecule has 4 atom stereocenters. The summed E-state index contributed by atoms with van der Waals surface area (Å²) in [5, 5.41) is 0. The fourth-order valence-electron chi connectivity index (χ4n) is 2.60. The van der Waals surface area contributed by atoms with E-state index < -0.39 is 5.79 Å². The van der Waals surface area contributed by atoms with E-state index in [0.29, 0.717) is 6.54 Å². The molecule has 0 amide bonds. The minimum atomic E-state index is -0.462. The van der Waals surface area contributed by atoms with E-state index in [1.807, 2.05) is 13.8 Å². The molecule has 1 unspecified atom stereocenters. The molecule has 2 N–H and O–H groups in total. The van der Waals surface area contributed by atoms with Crippen molar-refractivity contribution in [2.24, 2.45) is 5.73 Å². The van der Waals surface area contributed by atoms with Crippen LogP contribution in [0.1, 0.15) is 20.3 Å². The van der Waals surface area contributed by atoms with Crippen LogP contribution >= 0.6 is 0 Å². The van der Waals surface area contributed by atoms with Gasteiger partial charge in [-0.15, -0.1) is 0 Å². The van der Waals surface area contributed by atoms with Crippen molar-refractivity contribution in [3.05, 3.63) is 0 Å². The van der Waals surface area contributed by atoms with Crippen LogP contribution in [-0.2, 0) is 14.2 Å². The minimum absolute atomic E-state index is 0.0283. The maximum Gasteiger partial charge on any atom is 0.164 e. The summed E-state index contributed by atoms with van der Waals surface area (Å²) in [4.78, 5) is 0. The summed E-state index contributed by atoms with van der Waals surface area (Å²) in [6.45, 7) is 4.41. The Hall–Kier alpha value is -0.160. The average Bonchev–Trinajstić information content (AvgIpc) is 2.50. The molecule has 13 heavy (non-hydrogen) atoms. The van der Waals surface area contributed by atoms with Gasteiger partial charge >= 0.3 is 0 Å². The number of ether oxygens (including phenoxy) is 3. The van der Waals surface area contributed by atoms with Gasteiger partial charge in [-0.3, -0.25) is 0 Å². The lowest BCUT2D eigenvalue weighted by Gasteiger charge is -2.21. The monoisotopic (exact) mass is 185 g/mol. The lowest BCUT2D eigenvalue weighted by Crippen LogP contribution is -2.38. The summed E-state index contributed by atoms with van der Waals surface area (Å²) < 4.78 is 17.3. The van der Waals surface area contributed by atoms with Crippen molar-refractivity contribution in [2.45, 2.75) is 50.0 Å². The number of nitrogens with two attached hydrogens (primary N) is 1. The first-order valence-electron chi connectivity index (χ1n) is 4.81. The molecule has 1 saturated carbocycles. The molecule has 3 fully saturated rings. The van der Waals surface area contributed by atoms with Crippen molar-refractivity contribution in [3.8, 4) is 0 Å². The fraction of sp³-hybridized carbons (Fsp3) is 1.00. The van der Waals surface area contributed by atoms with Crippen molar-refractivity contribution in [1.82, 2.24) is 0 Å². The zero-order valence-electron chi connectivity index (χ0n) is 7.95. The predicted molar refractivity (Wildman–Crippen MR) is 45.1 cm³/mol. The maximum atomic E-state index is 5.86. The smallest absolute Gasteiger partial charge is 0.164 e. The Kier molecular flexibility index (Phi) is 1.31. The maximum absolute atomic E-state index is 5.86. The summed E-state index contributed by atoms with van der Waals surface area (Å²) in [5.74, 6) is -0.462. The van der Waals surface area contributed by atoms with E-state index in [1.54, 1.807) is 0 Å². The van der Waals surface area contributed by atoms with Gasteiger partial charge in [-0.2, -0.15) is 0 Å². The van der Waals surface area contributed by atoms with Gasteiger partial charge < -0.3 is 19.9 Å². The van der Waals surface area contributed by atoms with Gasteiger partial charge in [0.2, 0.25) is 0 Å². The van der Waals surface area contributed by atoms with Crippen LogP contribution in [0.3, 0.4) is 0 Å². The number of hydrogen-bond acceptors (Lipinski definition) is 4. The summed E-state index contributed by atoms with van der Waals surface area (Å²) in [6.07, 6.45) is 1.28. The second kappa shape index (κ2) is 2.08. The Morgan fingerprint density at radius 3 is 2.92 bits per heavy atom. The Bertz CT molecular complexity index is 255. The Morgan fingerprint density at radius 1 is 1.46 bits per heavy atom. The number of rotatable bonds is 1. The predicted octanol–water partition coefficient (Wildman–Crippen LogP) is 0.00650. The highest BCUT2D eigenvalue weighted by molar-refractivity contribution is 5.22. The first kappa shape index (κ1) is 8.17. The van der Waals surface area contributed by atoms with Crippen LogP contribution in [0.25, 0.3) is 0 Å². The van der Waals surface area contributed by atoms with Gasteiger partial charge in [-0.05, 0) is 13.8 Å². The fourth-order valence-corrected chi connectivity index (χ4v) is 2.60. The zero-order valence-corrected chi connectivity index (χ0v) is 7.95. The molecule has 1 aliphatic carbocycles. The molecule has 2 heterocycles. The third kappa shape index (κ3) is 0.892. The molecule has 3 aliphatic rings. The summed E-state index contributed by atoms with van der Waals surface area (Å²) in [6, 6.07) is 0. The number of hydrogen-bond donors (Lipinski definition) is 1. The first-order chi connectivity index (χ1) is 6.07. The largest absolute Gasteiger partial charge is 0.368 e. The SMILES string of the molecule is CC1(C)O[C@@H]2C(CN)O[C@H]3C[C@]32O1. The minimum Gasteiger partial charge on any atom is -0.368 e. The summed E-state index contributed by atoms with van der Waals surface area (Å²) >= 11 is 0. The van der Waals surface area contributed by atoms with E-state index >= 15 is 0 Å². The quantitative estimate of drug-likeness (QED) is 0.625. The van der Waals surface area contributed by atoms with Crippen LogP contribution in [0.2, 0.25) is 0 Å². The van der Waals surface area contributed by atoms with Crippen molar-refractivity contribution in [2.75, 3.05) is 6.54 Å². The Morgan fingerprint density at radius 2 is 2.23 bits per heavy atom. The standard InChI is InChI=1S/C9H15NO3/c1-8(2)12-7-5(4-10)11-6-3-9(6,7)13-8/h5-7H,3-4,10H2,1-2H3/t5?,6-,7+,9-/m0/s1. The lowest BCUT2D eigenvalue weighted by molar-refractivity contribution is -0.174. The third-order valence-electron chi connectivity index (χ3n) is 3.13. The summed E-state index contributed by atoms with van der Waals surface area (Å²) in [5.41, 5.74) is 5.45. The molecule has 0 aromatic heterocycles. The highest BCUT2D eigenvalue weighted by Crippen LogP contribution is 2.60.